The van der Waals surface area contributed by atoms with Crippen LogP contribution in [0.15, 0.2) is 54.6 Å². The van der Waals surface area contributed by atoms with Crippen LogP contribution in [0.25, 0.3) is 0 Å². The average molecular weight is 363 g/mol. The minimum atomic E-state index is -4.36. The lowest BCUT2D eigenvalue weighted by Crippen LogP contribution is -2.54. The predicted octanol–water partition coefficient (Wildman–Crippen LogP) is 4.68. The Balaban J connectivity index is 1.78. The lowest BCUT2D eigenvalue weighted by Gasteiger charge is -2.48. The van der Waals surface area contributed by atoms with Crippen LogP contribution in [0.4, 0.5) is 13.2 Å². The van der Waals surface area contributed by atoms with Gasteiger partial charge in [0.25, 0.3) is 0 Å². The highest BCUT2D eigenvalue weighted by Crippen LogP contribution is 2.42. The maximum absolute atomic E-state index is 12.8. The van der Waals surface area contributed by atoms with Gasteiger partial charge in [0.2, 0.25) is 0 Å². The van der Waals surface area contributed by atoms with Gasteiger partial charge < -0.3 is 5.11 Å². The lowest BCUT2D eigenvalue weighted by molar-refractivity contribution is -0.137. The fourth-order valence-electron chi connectivity index (χ4n) is 4.08. The smallest absolute Gasteiger partial charge is 0.385 e. The van der Waals surface area contributed by atoms with E-state index in [0.717, 1.165) is 18.7 Å². The number of rotatable bonds is 3. The van der Waals surface area contributed by atoms with E-state index in [-0.39, 0.29) is 11.8 Å². The number of nitrogens with zero attached hydrogens (tertiary/aromatic N) is 1. The van der Waals surface area contributed by atoms with Crippen molar-refractivity contribution in [2.75, 3.05) is 13.1 Å². The van der Waals surface area contributed by atoms with Gasteiger partial charge in [-0.25, -0.2) is 0 Å². The summed E-state index contributed by atoms with van der Waals surface area (Å²) in [4.78, 5) is 2.29. The van der Waals surface area contributed by atoms with Crippen molar-refractivity contribution in [3.05, 3.63) is 71.3 Å². The second-order valence-electron chi connectivity index (χ2n) is 7.38. The molecule has 0 aliphatic carbocycles. The molecular formula is C21H24F3NO. The number of alkyl halides is 3. The molecule has 3 atom stereocenters. The summed E-state index contributed by atoms with van der Waals surface area (Å²) in [5.74, 6) is -0.182. The second kappa shape index (κ2) is 7.05. The van der Waals surface area contributed by atoms with E-state index in [4.69, 9.17) is 0 Å². The molecule has 1 unspecified atom stereocenters. The monoisotopic (exact) mass is 363 g/mol. The summed E-state index contributed by atoms with van der Waals surface area (Å²) in [6.07, 6.45) is -4.36. The molecule has 1 fully saturated rings. The van der Waals surface area contributed by atoms with Crippen LogP contribution in [-0.4, -0.2) is 23.1 Å². The van der Waals surface area contributed by atoms with Crippen LogP contribution in [0.3, 0.4) is 0 Å². The Morgan fingerprint density at radius 3 is 2.00 bits per heavy atom. The van der Waals surface area contributed by atoms with Crippen molar-refractivity contribution < 1.29 is 18.3 Å². The van der Waals surface area contributed by atoms with E-state index in [1.165, 1.54) is 17.7 Å². The molecule has 0 bridgehead atoms. The fraction of sp³-hybridized carbons (Fsp3) is 0.429. The Labute approximate surface area is 152 Å². The minimum absolute atomic E-state index is 0.0910. The van der Waals surface area contributed by atoms with E-state index in [1.54, 1.807) is 0 Å². The molecule has 0 radical (unpaired) electrons. The molecule has 1 saturated heterocycles. The van der Waals surface area contributed by atoms with Crippen LogP contribution in [0, 0.1) is 11.8 Å². The fourth-order valence-corrected chi connectivity index (χ4v) is 4.08. The third kappa shape index (κ3) is 3.64. The van der Waals surface area contributed by atoms with E-state index in [2.05, 4.69) is 17.0 Å². The Kier molecular flexibility index (Phi) is 5.13. The highest BCUT2D eigenvalue weighted by molar-refractivity contribution is 5.30. The molecule has 1 N–H and O–H groups in total. The van der Waals surface area contributed by atoms with Crippen LogP contribution in [0.1, 0.15) is 30.5 Å². The maximum atomic E-state index is 12.8. The van der Waals surface area contributed by atoms with Gasteiger partial charge in [-0.3, -0.25) is 4.90 Å². The van der Waals surface area contributed by atoms with E-state index < -0.39 is 17.3 Å². The topological polar surface area (TPSA) is 23.5 Å². The molecule has 26 heavy (non-hydrogen) atoms. The number of piperidine rings is 1. The van der Waals surface area contributed by atoms with Gasteiger partial charge >= 0.3 is 6.18 Å². The Morgan fingerprint density at radius 1 is 0.962 bits per heavy atom. The Hall–Kier alpha value is -1.85. The maximum Gasteiger partial charge on any atom is 0.416 e. The van der Waals surface area contributed by atoms with Gasteiger partial charge in [0.1, 0.15) is 0 Å². The molecule has 1 aliphatic heterocycles. The summed E-state index contributed by atoms with van der Waals surface area (Å²) in [6, 6.07) is 15.1. The molecule has 5 heteroatoms. The molecule has 1 aliphatic rings. The molecule has 0 saturated carbocycles. The van der Waals surface area contributed by atoms with Crippen molar-refractivity contribution in [3.63, 3.8) is 0 Å². The first kappa shape index (κ1) is 18.9. The van der Waals surface area contributed by atoms with Gasteiger partial charge in [0.15, 0.2) is 0 Å². The average Bonchev–Trinajstić information content (AvgIpc) is 2.60. The second-order valence-corrected chi connectivity index (χ2v) is 7.38. The molecule has 2 aromatic rings. The van der Waals surface area contributed by atoms with Crippen LogP contribution in [-0.2, 0) is 18.3 Å². The molecule has 3 rings (SSSR count). The standard InChI is InChI=1S/C21H24F3NO/c1-15-12-25(14-17-6-4-3-5-7-17)13-16(2)20(15,26)18-8-10-19(11-9-18)21(22,23)24/h3-11,15-16,26H,12-14H2,1-2H3/t15-,16+,20?. The molecule has 0 amide bonds. The molecule has 0 aromatic heterocycles. The minimum Gasteiger partial charge on any atom is -0.385 e. The first-order valence-corrected chi connectivity index (χ1v) is 8.87. The van der Waals surface area contributed by atoms with E-state index >= 15 is 0 Å². The van der Waals surface area contributed by atoms with Gasteiger partial charge in [0.05, 0.1) is 11.2 Å². The summed E-state index contributed by atoms with van der Waals surface area (Å²) in [5, 5.41) is 11.3. The van der Waals surface area contributed by atoms with E-state index in [9.17, 15) is 18.3 Å². The first-order valence-electron chi connectivity index (χ1n) is 8.87. The van der Waals surface area contributed by atoms with Crippen molar-refractivity contribution in [1.29, 1.82) is 0 Å². The van der Waals surface area contributed by atoms with Gasteiger partial charge in [-0.15, -0.1) is 0 Å². The SMILES string of the molecule is C[C@@H]1CN(Cc2ccccc2)C[C@H](C)C1(O)c1ccc(C(F)(F)F)cc1. The van der Waals surface area contributed by atoms with Crippen molar-refractivity contribution in [1.82, 2.24) is 4.90 Å². The summed E-state index contributed by atoms with van der Waals surface area (Å²) >= 11 is 0. The number of halogens is 3. The summed E-state index contributed by atoms with van der Waals surface area (Å²) in [6.45, 7) is 6.11. The quantitative estimate of drug-likeness (QED) is 0.856. The first-order chi connectivity index (χ1) is 12.2. The van der Waals surface area contributed by atoms with Crippen LogP contribution >= 0.6 is 0 Å². The lowest BCUT2D eigenvalue weighted by atomic mass is 9.70. The third-order valence-corrected chi connectivity index (χ3v) is 5.49. The number of benzene rings is 2. The summed E-state index contributed by atoms with van der Waals surface area (Å²) in [5.41, 5.74) is -0.0412. The largest absolute Gasteiger partial charge is 0.416 e. The Morgan fingerprint density at radius 2 is 1.50 bits per heavy atom. The zero-order valence-corrected chi connectivity index (χ0v) is 15.0. The van der Waals surface area contributed by atoms with Crippen LogP contribution in [0.5, 0.6) is 0 Å². The molecular weight excluding hydrogens is 339 g/mol. The number of hydrogen-bond donors (Lipinski definition) is 1. The molecule has 2 aromatic carbocycles. The summed E-state index contributed by atoms with van der Waals surface area (Å²) < 4.78 is 38.4. The normalized spacial score (nSPS) is 27.5. The van der Waals surface area contributed by atoms with Crippen molar-refractivity contribution in [2.24, 2.45) is 11.8 Å². The molecule has 1 heterocycles. The predicted molar refractivity (Wildman–Crippen MR) is 95.4 cm³/mol. The number of aliphatic hydroxyl groups is 1. The van der Waals surface area contributed by atoms with Gasteiger partial charge in [-0.05, 0) is 23.3 Å². The molecule has 0 spiro atoms. The van der Waals surface area contributed by atoms with Crippen molar-refractivity contribution in [3.8, 4) is 0 Å². The summed E-state index contributed by atoms with van der Waals surface area (Å²) in [7, 11) is 0. The van der Waals surface area contributed by atoms with Gasteiger partial charge in [-0.2, -0.15) is 13.2 Å². The Bertz CT molecular complexity index is 715. The van der Waals surface area contributed by atoms with Crippen LogP contribution in [0.2, 0.25) is 0 Å². The van der Waals surface area contributed by atoms with Crippen LogP contribution < -0.4 is 0 Å². The highest BCUT2D eigenvalue weighted by atomic mass is 19.4. The molecule has 140 valence electrons. The zero-order valence-electron chi connectivity index (χ0n) is 15.0. The number of hydrogen-bond acceptors (Lipinski definition) is 2. The van der Waals surface area contributed by atoms with E-state index in [1.807, 2.05) is 32.0 Å². The number of likely N-dealkylation sites (tertiary alicyclic amines) is 1. The highest BCUT2D eigenvalue weighted by Gasteiger charge is 2.45. The van der Waals surface area contributed by atoms with Crippen molar-refractivity contribution in [2.45, 2.75) is 32.2 Å². The van der Waals surface area contributed by atoms with Gasteiger partial charge in [-0.1, -0.05) is 56.3 Å². The van der Waals surface area contributed by atoms with E-state index in [0.29, 0.717) is 18.7 Å². The van der Waals surface area contributed by atoms with Gasteiger partial charge in [0, 0.05) is 31.5 Å². The van der Waals surface area contributed by atoms with Crippen molar-refractivity contribution >= 4 is 0 Å². The molecule has 2 nitrogen and oxygen atoms in total. The zero-order chi connectivity index (χ0) is 18.9. The third-order valence-electron chi connectivity index (χ3n) is 5.49.